The maximum Gasteiger partial charge on any atom is 0.251 e. The van der Waals surface area contributed by atoms with Crippen molar-refractivity contribution in [2.75, 3.05) is 0 Å². The average molecular weight is 282 g/mol. The normalized spacial score (nSPS) is 24.4. The predicted molar refractivity (Wildman–Crippen MR) is 68.4 cm³/mol. The van der Waals surface area contributed by atoms with Gasteiger partial charge in [-0.1, -0.05) is 22.9 Å². The van der Waals surface area contributed by atoms with Gasteiger partial charge in [-0.25, -0.2) is 0 Å². The van der Waals surface area contributed by atoms with Crippen molar-refractivity contribution in [2.45, 2.75) is 32.2 Å². The molecule has 2 unspecified atom stereocenters. The maximum atomic E-state index is 11.9. The molecule has 1 N–H and O–H groups in total. The fourth-order valence-electron chi connectivity index (χ4n) is 2.21. The zero-order valence-corrected chi connectivity index (χ0v) is 11.0. The summed E-state index contributed by atoms with van der Waals surface area (Å²) in [6, 6.07) is 7.85. The first kappa shape index (κ1) is 11.6. The van der Waals surface area contributed by atoms with Crippen LogP contribution in [0.5, 0.6) is 0 Å². The van der Waals surface area contributed by atoms with Crippen molar-refractivity contribution in [3.63, 3.8) is 0 Å². The first-order valence-corrected chi connectivity index (χ1v) is 6.51. The first-order valence-electron chi connectivity index (χ1n) is 5.71. The predicted octanol–water partition coefficient (Wildman–Crippen LogP) is 3.37. The van der Waals surface area contributed by atoms with Gasteiger partial charge in [0.1, 0.15) is 0 Å². The summed E-state index contributed by atoms with van der Waals surface area (Å²) in [5.41, 5.74) is 0.739. The molecule has 16 heavy (non-hydrogen) atoms. The lowest BCUT2D eigenvalue weighted by Crippen LogP contribution is -2.32. The number of benzene rings is 1. The van der Waals surface area contributed by atoms with E-state index in [1.807, 2.05) is 24.3 Å². The molecule has 2 atom stereocenters. The lowest BCUT2D eigenvalue weighted by atomic mass is 10.1. The fourth-order valence-corrected chi connectivity index (χ4v) is 2.47. The van der Waals surface area contributed by atoms with Crippen molar-refractivity contribution < 1.29 is 4.79 Å². The van der Waals surface area contributed by atoms with Crippen LogP contribution >= 0.6 is 15.9 Å². The van der Waals surface area contributed by atoms with Crippen molar-refractivity contribution >= 4 is 21.8 Å². The van der Waals surface area contributed by atoms with Crippen LogP contribution in [0.3, 0.4) is 0 Å². The largest absolute Gasteiger partial charge is 0.349 e. The smallest absolute Gasteiger partial charge is 0.251 e. The molecular formula is C13H16BrNO. The minimum Gasteiger partial charge on any atom is -0.349 e. The quantitative estimate of drug-likeness (QED) is 0.885. The van der Waals surface area contributed by atoms with Gasteiger partial charge in [-0.15, -0.1) is 0 Å². The van der Waals surface area contributed by atoms with Crippen molar-refractivity contribution in [1.29, 1.82) is 0 Å². The third kappa shape index (κ3) is 2.85. The number of nitrogens with one attached hydrogen (secondary N) is 1. The zero-order valence-electron chi connectivity index (χ0n) is 9.37. The number of hydrogen-bond donors (Lipinski definition) is 1. The van der Waals surface area contributed by atoms with E-state index in [-0.39, 0.29) is 5.91 Å². The molecule has 0 radical (unpaired) electrons. The Morgan fingerprint density at radius 2 is 2.00 bits per heavy atom. The Kier molecular flexibility index (Phi) is 3.64. The molecule has 1 aromatic rings. The number of hydrogen-bond acceptors (Lipinski definition) is 1. The molecule has 2 rings (SSSR count). The molecule has 0 saturated heterocycles. The van der Waals surface area contributed by atoms with Crippen molar-refractivity contribution in [3.05, 3.63) is 34.3 Å². The van der Waals surface area contributed by atoms with Gasteiger partial charge in [-0.2, -0.15) is 0 Å². The number of carbonyl (C=O) groups is 1. The lowest BCUT2D eigenvalue weighted by molar-refractivity contribution is 0.0937. The molecule has 0 spiro atoms. The third-order valence-corrected chi connectivity index (χ3v) is 3.67. The summed E-state index contributed by atoms with van der Waals surface area (Å²) < 4.78 is 0.999. The molecule has 1 fully saturated rings. The van der Waals surface area contributed by atoms with Gasteiger partial charge >= 0.3 is 0 Å². The Labute approximate surface area is 105 Å². The van der Waals surface area contributed by atoms with Crippen LogP contribution in [0.15, 0.2) is 28.7 Å². The first-order chi connectivity index (χ1) is 7.65. The monoisotopic (exact) mass is 281 g/mol. The Balaban J connectivity index is 1.95. The SMILES string of the molecule is CC1CCC(NC(=O)c2ccc(Br)cc2)C1. The lowest BCUT2D eigenvalue weighted by Gasteiger charge is -2.12. The molecule has 0 aliphatic heterocycles. The molecule has 0 bridgehead atoms. The van der Waals surface area contributed by atoms with Crippen LogP contribution in [0.25, 0.3) is 0 Å². The van der Waals surface area contributed by atoms with Crippen LogP contribution in [0, 0.1) is 5.92 Å². The zero-order chi connectivity index (χ0) is 11.5. The summed E-state index contributed by atoms with van der Waals surface area (Å²) in [6.07, 6.45) is 3.46. The molecule has 0 aromatic heterocycles. The highest BCUT2D eigenvalue weighted by atomic mass is 79.9. The highest BCUT2D eigenvalue weighted by Gasteiger charge is 2.22. The molecule has 1 aliphatic rings. The summed E-state index contributed by atoms with van der Waals surface area (Å²) in [7, 11) is 0. The van der Waals surface area contributed by atoms with Gasteiger partial charge in [0.25, 0.3) is 5.91 Å². The van der Waals surface area contributed by atoms with Crippen molar-refractivity contribution in [1.82, 2.24) is 5.32 Å². The van der Waals surface area contributed by atoms with Gasteiger partial charge < -0.3 is 5.32 Å². The second kappa shape index (κ2) is 5.00. The summed E-state index contributed by atoms with van der Waals surface area (Å²) in [4.78, 5) is 11.9. The molecule has 2 nitrogen and oxygen atoms in total. The van der Waals surface area contributed by atoms with Gasteiger partial charge in [0.15, 0.2) is 0 Å². The van der Waals surface area contributed by atoms with Crippen LogP contribution in [-0.4, -0.2) is 11.9 Å². The van der Waals surface area contributed by atoms with E-state index in [1.165, 1.54) is 6.42 Å². The maximum absolute atomic E-state index is 11.9. The van der Waals surface area contributed by atoms with Crippen LogP contribution in [0.1, 0.15) is 36.5 Å². The van der Waals surface area contributed by atoms with Crippen LogP contribution in [0.2, 0.25) is 0 Å². The Hall–Kier alpha value is -0.830. The Morgan fingerprint density at radius 3 is 2.56 bits per heavy atom. The summed E-state index contributed by atoms with van der Waals surface area (Å²) >= 11 is 3.36. The summed E-state index contributed by atoms with van der Waals surface area (Å²) in [6.45, 7) is 2.24. The van der Waals surface area contributed by atoms with E-state index in [1.54, 1.807) is 0 Å². The number of halogens is 1. The van der Waals surface area contributed by atoms with E-state index in [4.69, 9.17) is 0 Å². The van der Waals surface area contributed by atoms with E-state index in [0.29, 0.717) is 6.04 Å². The van der Waals surface area contributed by atoms with Gasteiger partial charge in [-0.05, 0) is 49.4 Å². The van der Waals surface area contributed by atoms with E-state index < -0.39 is 0 Å². The highest BCUT2D eigenvalue weighted by molar-refractivity contribution is 9.10. The minimum absolute atomic E-state index is 0.0478. The van der Waals surface area contributed by atoms with Crippen molar-refractivity contribution in [3.8, 4) is 0 Å². The number of amides is 1. The molecular weight excluding hydrogens is 266 g/mol. The standard InChI is InChI=1S/C13H16BrNO/c1-9-2-7-12(8-9)15-13(16)10-3-5-11(14)6-4-10/h3-6,9,12H,2,7-8H2,1H3,(H,15,16). The molecule has 1 saturated carbocycles. The third-order valence-electron chi connectivity index (χ3n) is 3.14. The van der Waals surface area contributed by atoms with E-state index in [9.17, 15) is 4.79 Å². The topological polar surface area (TPSA) is 29.1 Å². The molecule has 1 aromatic carbocycles. The molecule has 0 heterocycles. The van der Waals surface area contributed by atoms with E-state index >= 15 is 0 Å². The van der Waals surface area contributed by atoms with Gasteiger partial charge in [0.05, 0.1) is 0 Å². The number of rotatable bonds is 2. The minimum atomic E-state index is 0.0478. The average Bonchev–Trinajstić information content (AvgIpc) is 2.65. The summed E-state index contributed by atoms with van der Waals surface area (Å²) in [5.74, 6) is 0.793. The van der Waals surface area contributed by atoms with Crippen LogP contribution in [0.4, 0.5) is 0 Å². The Bertz CT molecular complexity index is 374. The molecule has 3 heteroatoms. The fraction of sp³-hybridized carbons (Fsp3) is 0.462. The second-order valence-corrected chi connectivity index (χ2v) is 5.51. The highest BCUT2D eigenvalue weighted by Crippen LogP contribution is 2.24. The van der Waals surface area contributed by atoms with Gasteiger partial charge in [0.2, 0.25) is 0 Å². The van der Waals surface area contributed by atoms with Crippen LogP contribution < -0.4 is 5.32 Å². The van der Waals surface area contributed by atoms with Gasteiger partial charge in [0, 0.05) is 16.1 Å². The Morgan fingerprint density at radius 1 is 1.31 bits per heavy atom. The second-order valence-electron chi connectivity index (χ2n) is 4.60. The molecule has 86 valence electrons. The van der Waals surface area contributed by atoms with E-state index in [2.05, 4.69) is 28.2 Å². The molecule has 1 amide bonds. The number of carbonyl (C=O) groups excluding carboxylic acids is 1. The van der Waals surface area contributed by atoms with E-state index in [0.717, 1.165) is 28.8 Å². The van der Waals surface area contributed by atoms with Crippen molar-refractivity contribution in [2.24, 2.45) is 5.92 Å². The summed E-state index contributed by atoms with van der Waals surface area (Å²) in [5, 5.41) is 3.09. The van der Waals surface area contributed by atoms with Gasteiger partial charge in [-0.3, -0.25) is 4.79 Å². The molecule has 1 aliphatic carbocycles. The van der Waals surface area contributed by atoms with Crippen LogP contribution in [-0.2, 0) is 0 Å².